The average molecular weight is 568 g/mol. The molecule has 0 bridgehead atoms. The van der Waals surface area contributed by atoms with Crippen molar-refractivity contribution in [1.29, 1.82) is 0 Å². The molecule has 1 atom stereocenters. The summed E-state index contributed by atoms with van der Waals surface area (Å²) >= 11 is 1.35. The molecule has 2 aromatic carbocycles. The quantitative estimate of drug-likeness (QED) is 0.271. The van der Waals surface area contributed by atoms with Gasteiger partial charge in [-0.3, -0.25) is 9.36 Å². The number of nitrogens with zero attached hydrogens (tertiary/aromatic N) is 3. The number of benzene rings is 2. The van der Waals surface area contributed by atoms with Crippen molar-refractivity contribution < 1.29 is 9.53 Å². The van der Waals surface area contributed by atoms with Crippen molar-refractivity contribution >= 4 is 23.4 Å². The predicted octanol–water partition coefficient (Wildman–Crippen LogP) is 5.95. The Labute approximate surface area is 245 Å². The summed E-state index contributed by atoms with van der Waals surface area (Å²) in [4.78, 5) is 32.6. The van der Waals surface area contributed by atoms with Gasteiger partial charge in [0.1, 0.15) is 0 Å². The summed E-state index contributed by atoms with van der Waals surface area (Å²) in [5, 5.41) is 0. The van der Waals surface area contributed by atoms with Gasteiger partial charge in [0, 0.05) is 17.1 Å². The zero-order valence-electron chi connectivity index (χ0n) is 25.0. The number of esters is 1. The van der Waals surface area contributed by atoms with Gasteiger partial charge in [0.05, 0.1) is 28.5 Å². The number of thiazole rings is 1. The van der Waals surface area contributed by atoms with Crippen LogP contribution in [0.15, 0.2) is 69.6 Å². The highest BCUT2D eigenvalue weighted by molar-refractivity contribution is 7.07. The molecular formula is C34H37N3O3S. The zero-order valence-corrected chi connectivity index (χ0v) is 25.8. The third kappa shape index (κ3) is 5.26. The molecule has 0 spiro atoms. The molecule has 41 heavy (non-hydrogen) atoms. The molecule has 0 aliphatic carbocycles. The van der Waals surface area contributed by atoms with E-state index in [1.807, 2.05) is 25.1 Å². The smallest absolute Gasteiger partial charge is 0.338 e. The van der Waals surface area contributed by atoms with Gasteiger partial charge in [-0.05, 0) is 99.6 Å². The van der Waals surface area contributed by atoms with Gasteiger partial charge in [-0.25, -0.2) is 9.79 Å². The van der Waals surface area contributed by atoms with Crippen LogP contribution in [-0.4, -0.2) is 21.7 Å². The van der Waals surface area contributed by atoms with Crippen LogP contribution < -0.4 is 14.9 Å². The van der Waals surface area contributed by atoms with E-state index in [9.17, 15) is 9.59 Å². The van der Waals surface area contributed by atoms with E-state index in [2.05, 4.69) is 82.5 Å². The minimum absolute atomic E-state index is 0.169. The van der Waals surface area contributed by atoms with Gasteiger partial charge in [-0.1, -0.05) is 55.5 Å². The highest BCUT2D eigenvalue weighted by Crippen LogP contribution is 2.31. The molecule has 3 heterocycles. The van der Waals surface area contributed by atoms with Crippen LogP contribution in [-0.2, 0) is 9.53 Å². The predicted molar refractivity (Wildman–Crippen MR) is 166 cm³/mol. The lowest BCUT2D eigenvalue weighted by atomic mass is 9.93. The lowest BCUT2D eigenvalue weighted by Gasteiger charge is -2.25. The number of allylic oxidation sites excluding steroid dienone is 1. The lowest BCUT2D eigenvalue weighted by molar-refractivity contribution is -0.139. The van der Waals surface area contributed by atoms with Crippen molar-refractivity contribution in [1.82, 2.24) is 9.13 Å². The number of hydrogen-bond donors (Lipinski definition) is 0. The van der Waals surface area contributed by atoms with Gasteiger partial charge in [-0.15, -0.1) is 0 Å². The Hall–Kier alpha value is -3.97. The van der Waals surface area contributed by atoms with Gasteiger partial charge in [0.2, 0.25) is 0 Å². The van der Waals surface area contributed by atoms with Gasteiger partial charge < -0.3 is 9.30 Å². The summed E-state index contributed by atoms with van der Waals surface area (Å²) in [6, 6.07) is 16.2. The largest absolute Gasteiger partial charge is 0.463 e. The summed E-state index contributed by atoms with van der Waals surface area (Å²) in [5.74, 6) is -0.0754. The van der Waals surface area contributed by atoms with E-state index in [1.165, 1.54) is 28.0 Å². The first-order valence-electron chi connectivity index (χ1n) is 14.1. The SMILES string of the molecule is CCOC(=O)C1=C(C)N=c2s/c(=C\c3cc(C)n(-c4cc(C)cc(C)c4)c3C)c(=O)n2[C@@H]1c1ccc(C(C)C)cc1. The maximum atomic E-state index is 14.1. The number of carbonyl (C=O) groups is 1. The second-order valence-corrected chi connectivity index (χ2v) is 12.1. The second kappa shape index (κ2) is 11.1. The van der Waals surface area contributed by atoms with Crippen molar-refractivity contribution in [3.63, 3.8) is 0 Å². The first-order chi connectivity index (χ1) is 19.5. The van der Waals surface area contributed by atoms with Crippen LogP contribution in [0.5, 0.6) is 0 Å². The summed E-state index contributed by atoms with van der Waals surface area (Å²) in [5.41, 5.74) is 9.50. The monoisotopic (exact) mass is 567 g/mol. The van der Waals surface area contributed by atoms with Crippen LogP contribution in [0.1, 0.15) is 78.9 Å². The highest BCUT2D eigenvalue weighted by atomic mass is 32.1. The van der Waals surface area contributed by atoms with Crippen molar-refractivity contribution in [2.75, 3.05) is 6.61 Å². The molecule has 0 saturated heterocycles. The Bertz CT molecular complexity index is 1850. The minimum Gasteiger partial charge on any atom is -0.463 e. The molecule has 7 heteroatoms. The molecule has 212 valence electrons. The van der Waals surface area contributed by atoms with Crippen LogP contribution in [0, 0.1) is 27.7 Å². The molecule has 1 aliphatic rings. The number of carbonyl (C=O) groups excluding carboxylic acids is 1. The maximum absolute atomic E-state index is 14.1. The van der Waals surface area contributed by atoms with Crippen LogP contribution in [0.25, 0.3) is 11.8 Å². The Morgan fingerprint density at radius 2 is 1.68 bits per heavy atom. The van der Waals surface area contributed by atoms with Crippen LogP contribution in [0.3, 0.4) is 0 Å². The first-order valence-corrected chi connectivity index (χ1v) is 14.9. The fraction of sp³-hybridized carbons (Fsp3) is 0.324. The molecule has 2 aromatic heterocycles. The number of fused-ring (bicyclic) bond motifs is 1. The van der Waals surface area contributed by atoms with Crippen molar-refractivity contribution in [3.8, 4) is 5.69 Å². The van der Waals surface area contributed by atoms with Crippen molar-refractivity contribution in [2.24, 2.45) is 4.99 Å². The van der Waals surface area contributed by atoms with Crippen LogP contribution >= 0.6 is 11.3 Å². The van der Waals surface area contributed by atoms with Gasteiger partial charge in [-0.2, -0.15) is 0 Å². The maximum Gasteiger partial charge on any atom is 0.338 e. The molecule has 0 amide bonds. The standard InChI is InChI=1S/C34H37N3O3S/c1-9-40-33(39)30-23(7)35-34-37(31(30)26-12-10-25(11-13-26)19(2)3)32(38)29(41-34)18-27-17-22(6)36(24(27)8)28-15-20(4)14-21(5)16-28/h10-19,31H,9H2,1-8H3/b29-18-/t31-/m1/s1. The Kier molecular flexibility index (Phi) is 7.75. The molecule has 5 rings (SSSR count). The molecule has 4 aromatic rings. The third-order valence-corrected chi connectivity index (χ3v) is 8.64. The number of ether oxygens (including phenoxy) is 1. The topological polar surface area (TPSA) is 65.6 Å². The summed E-state index contributed by atoms with van der Waals surface area (Å²) in [7, 11) is 0. The summed E-state index contributed by atoms with van der Waals surface area (Å²) in [6.45, 7) is 16.5. The Morgan fingerprint density at radius 1 is 1.02 bits per heavy atom. The van der Waals surface area contributed by atoms with Crippen molar-refractivity contribution in [2.45, 2.75) is 67.3 Å². The zero-order chi connectivity index (χ0) is 29.6. The van der Waals surface area contributed by atoms with Crippen LogP contribution in [0.2, 0.25) is 0 Å². The second-order valence-electron chi connectivity index (χ2n) is 11.1. The normalized spacial score (nSPS) is 15.3. The Balaban J connectivity index is 1.68. The fourth-order valence-electron chi connectivity index (χ4n) is 5.72. The van der Waals surface area contributed by atoms with E-state index < -0.39 is 12.0 Å². The van der Waals surface area contributed by atoms with Gasteiger partial charge in [0.25, 0.3) is 5.56 Å². The third-order valence-electron chi connectivity index (χ3n) is 7.66. The molecule has 0 radical (unpaired) electrons. The van der Waals surface area contributed by atoms with E-state index >= 15 is 0 Å². The number of aromatic nitrogens is 2. The number of rotatable bonds is 6. The van der Waals surface area contributed by atoms with E-state index in [0.29, 0.717) is 26.5 Å². The van der Waals surface area contributed by atoms with E-state index in [1.54, 1.807) is 11.5 Å². The molecule has 0 N–H and O–H groups in total. The van der Waals surface area contributed by atoms with Crippen molar-refractivity contribution in [3.05, 3.63) is 119 Å². The summed E-state index contributed by atoms with van der Waals surface area (Å²) < 4.78 is 9.89. The molecular weight excluding hydrogens is 530 g/mol. The molecule has 1 aliphatic heterocycles. The van der Waals surface area contributed by atoms with Gasteiger partial charge >= 0.3 is 5.97 Å². The average Bonchev–Trinajstić information content (AvgIpc) is 3.36. The number of aryl methyl sites for hydroxylation is 3. The Morgan fingerprint density at radius 3 is 2.29 bits per heavy atom. The highest BCUT2D eigenvalue weighted by Gasteiger charge is 2.33. The molecule has 0 fully saturated rings. The van der Waals surface area contributed by atoms with E-state index in [-0.39, 0.29) is 12.2 Å². The lowest BCUT2D eigenvalue weighted by Crippen LogP contribution is -2.39. The fourth-order valence-corrected chi connectivity index (χ4v) is 6.76. The van der Waals surface area contributed by atoms with Gasteiger partial charge in [0.15, 0.2) is 4.80 Å². The van der Waals surface area contributed by atoms with E-state index in [4.69, 9.17) is 9.73 Å². The van der Waals surface area contributed by atoms with E-state index in [0.717, 1.165) is 28.2 Å². The molecule has 6 nitrogen and oxygen atoms in total. The first kappa shape index (κ1) is 28.6. The molecule has 0 unspecified atom stereocenters. The minimum atomic E-state index is -0.614. The molecule has 0 saturated carbocycles. The number of hydrogen-bond acceptors (Lipinski definition) is 5. The van der Waals surface area contributed by atoms with Crippen LogP contribution in [0.4, 0.5) is 0 Å². The summed E-state index contributed by atoms with van der Waals surface area (Å²) in [6.07, 6.45) is 1.95.